The summed E-state index contributed by atoms with van der Waals surface area (Å²) >= 11 is 0. The molecule has 0 N–H and O–H groups in total. The van der Waals surface area contributed by atoms with Gasteiger partial charge in [0.05, 0.1) is 24.3 Å². The number of hydrogen-bond donors (Lipinski definition) is 0. The largest absolute Gasteiger partial charge is 0.448 e. The van der Waals surface area contributed by atoms with Crippen LogP contribution in [0.3, 0.4) is 0 Å². The lowest BCUT2D eigenvalue weighted by Gasteiger charge is -2.24. The minimum atomic E-state index is -0.901. The van der Waals surface area contributed by atoms with E-state index in [0.717, 1.165) is 22.3 Å². The highest BCUT2D eigenvalue weighted by atomic mass is 16.7. The fraction of sp³-hybridized carbons (Fsp3) is 0.241. The van der Waals surface area contributed by atoms with Crippen LogP contribution in [0.25, 0.3) is 11.1 Å². The number of amides is 3. The van der Waals surface area contributed by atoms with Gasteiger partial charge in [0.1, 0.15) is 12.5 Å². The lowest BCUT2D eigenvalue weighted by molar-refractivity contribution is -0.175. The zero-order valence-corrected chi connectivity index (χ0v) is 20.4. The Bertz CT molecular complexity index is 1370. The Balaban J connectivity index is 1.11. The number of carbonyl (C=O) groups is 4. The first-order valence-electron chi connectivity index (χ1n) is 12.4. The van der Waals surface area contributed by atoms with E-state index in [1.165, 1.54) is 17.0 Å². The van der Waals surface area contributed by atoms with Crippen molar-refractivity contribution in [3.63, 3.8) is 0 Å². The van der Waals surface area contributed by atoms with Crippen molar-refractivity contribution in [2.45, 2.75) is 5.92 Å². The molecule has 3 aromatic rings. The summed E-state index contributed by atoms with van der Waals surface area (Å²) in [5, 5.41) is 0.468. The van der Waals surface area contributed by atoms with Crippen LogP contribution >= 0.6 is 0 Å². The van der Waals surface area contributed by atoms with Gasteiger partial charge in [0.25, 0.3) is 11.8 Å². The van der Waals surface area contributed by atoms with Gasteiger partial charge >= 0.3 is 12.1 Å². The molecule has 2 heterocycles. The predicted molar refractivity (Wildman–Crippen MR) is 134 cm³/mol. The summed E-state index contributed by atoms with van der Waals surface area (Å²) in [4.78, 5) is 57.7. The van der Waals surface area contributed by atoms with Gasteiger partial charge in [-0.2, -0.15) is 0 Å². The predicted octanol–water partition coefficient (Wildman–Crippen LogP) is 3.64. The van der Waals surface area contributed by atoms with Crippen LogP contribution in [0.2, 0.25) is 0 Å². The number of nitrogens with zero attached hydrogens (tertiary/aromatic N) is 2. The van der Waals surface area contributed by atoms with Crippen LogP contribution in [-0.4, -0.2) is 66.8 Å². The van der Waals surface area contributed by atoms with E-state index in [4.69, 9.17) is 14.3 Å². The molecule has 192 valence electrons. The summed E-state index contributed by atoms with van der Waals surface area (Å²) < 4.78 is 11.3. The molecule has 38 heavy (non-hydrogen) atoms. The van der Waals surface area contributed by atoms with Gasteiger partial charge in [-0.05, 0) is 34.4 Å². The molecule has 0 bridgehead atoms. The second kappa shape index (κ2) is 9.75. The molecule has 1 saturated heterocycles. The molecule has 3 aromatic carbocycles. The summed E-state index contributed by atoms with van der Waals surface area (Å²) in [5.41, 5.74) is 4.79. The Morgan fingerprint density at radius 1 is 0.816 bits per heavy atom. The van der Waals surface area contributed by atoms with Gasteiger partial charge in [-0.25, -0.2) is 9.59 Å². The smallest absolute Gasteiger partial charge is 0.409 e. The molecule has 1 unspecified atom stereocenters. The van der Waals surface area contributed by atoms with Gasteiger partial charge in [-0.15, -0.1) is 0 Å². The van der Waals surface area contributed by atoms with Crippen molar-refractivity contribution >= 4 is 23.9 Å². The lowest BCUT2D eigenvalue weighted by atomic mass is 9.98. The van der Waals surface area contributed by atoms with Gasteiger partial charge in [0, 0.05) is 19.0 Å². The molecule has 1 fully saturated rings. The van der Waals surface area contributed by atoms with E-state index in [1.54, 1.807) is 12.1 Å². The normalized spacial score (nSPS) is 18.5. The third kappa shape index (κ3) is 4.10. The molecule has 3 aliphatic rings. The van der Waals surface area contributed by atoms with Gasteiger partial charge < -0.3 is 19.2 Å². The molecule has 2 aliphatic heterocycles. The Hall–Kier alpha value is -4.50. The number of fused-ring (bicyclic) bond motifs is 4. The zero-order valence-electron chi connectivity index (χ0n) is 20.4. The van der Waals surface area contributed by atoms with E-state index in [0.29, 0.717) is 5.06 Å². The van der Waals surface area contributed by atoms with Crippen molar-refractivity contribution in [1.29, 1.82) is 0 Å². The Labute approximate surface area is 218 Å². The number of imide groups is 1. The maximum Gasteiger partial charge on any atom is 0.409 e. The Morgan fingerprint density at radius 2 is 1.37 bits per heavy atom. The first kappa shape index (κ1) is 23.9. The first-order chi connectivity index (χ1) is 18.5. The van der Waals surface area contributed by atoms with Gasteiger partial charge in [-0.3, -0.25) is 9.59 Å². The van der Waals surface area contributed by atoms with Crippen molar-refractivity contribution in [3.05, 3.63) is 95.1 Å². The van der Waals surface area contributed by atoms with Crippen molar-refractivity contribution < 1.29 is 33.5 Å². The van der Waals surface area contributed by atoms with Crippen LogP contribution in [0.5, 0.6) is 0 Å². The molecule has 1 aliphatic carbocycles. The van der Waals surface area contributed by atoms with Crippen LogP contribution in [0.1, 0.15) is 37.8 Å². The Morgan fingerprint density at radius 3 is 1.97 bits per heavy atom. The number of benzene rings is 3. The molecule has 1 atom stereocenters. The van der Waals surface area contributed by atoms with Crippen molar-refractivity contribution in [1.82, 2.24) is 9.96 Å². The third-order valence-electron chi connectivity index (χ3n) is 7.13. The highest BCUT2D eigenvalue weighted by molar-refractivity contribution is 6.20. The highest BCUT2D eigenvalue weighted by Gasteiger charge is 2.41. The maximum absolute atomic E-state index is 13.1. The van der Waals surface area contributed by atoms with E-state index in [-0.39, 0.29) is 50.0 Å². The maximum atomic E-state index is 13.1. The SMILES string of the molecule is O=C(ON1C(=O)c2ccccc2C1=O)C1COCCN(C(=O)OCC2c3ccccc3-c3ccccc32)C1. The van der Waals surface area contributed by atoms with E-state index in [2.05, 4.69) is 12.1 Å². The number of hydrogen-bond acceptors (Lipinski definition) is 7. The lowest BCUT2D eigenvalue weighted by Crippen LogP contribution is -2.42. The number of ether oxygens (including phenoxy) is 2. The topological polar surface area (TPSA) is 102 Å². The average Bonchev–Trinajstić information content (AvgIpc) is 3.23. The summed E-state index contributed by atoms with van der Waals surface area (Å²) in [6.07, 6.45) is -0.573. The van der Waals surface area contributed by atoms with E-state index >= 15 is 0 Å². The molecular formula is C29H24N2O7. The summed E-state index contributed by atoms with van der Waals surface area (Å²) in [5.74, 6) is -3.24. The minimum Gasteiger partial charge on any atom is -0.448 e. The van der Waals surface area contributed by atoms with Gasteiger partial charge in [0.2, 0.25) is 0 Å². The summed E-state index contributed by atoms with van der Waals surface area (Å²) in [6.45, 7) is 0.538. The molecule has 6 rings (SSSR count). The third-order valence-corrected chi connectivity index (χ3v) is 7.13. The molecule has 0 saturated carbocycles. The highest BCUT2D eigenvalue weighted by Crippen LogP contribution is 2.44. The zero-order chi connectivity index (χ0) is 26.2. The molecule has 9 nitrogen and oxygen atoms in total. The molecule has 0 aromatic heterocycles. The van der Waals surface area contributed by atoms with Gasteiger partial charge in [-0.1, -0.05) is 65.7 Å². The first-order valence-corrected chi connectivity index (χ1v) is 12.4. The van der Waals surface area contributed by atoms with Crippen LogP contribution in [-0.2, 0) is 19.1 Å². The van der Waals surface area contributed by atoms with Crippen molar-refractivity contribution in [2.75, 3.05) is 32.9 Å². The van der Waals surface area contributed by atoms with E-state index in [1.807, 2.05) is 36.4 Å². The standard InChI is InChI=1S/C29H24N2O7/c32-26-23-11-5-6-12-24(23)27(33)31(26)38-28(34)18-15-30(13-14-36-16-18)29(35)37-17-25-21-9-3-1-7-19(21)20-8-2-4-10-22(20)25/h1-12,18,25H,13-17H2. The molecule has 0 radical (unpaired) electrons. The summed E-state index contributed by atoms with van der Waals surface area (Å²) in [7, 11) is 0. The van der Waals surface area contributed by atoms with E-state index in [9.17, 15) is 19.2 Å². The number of hydroxylamine groups is 2. The second-order valence-electron chi connectivity index (χ2n) is 9.38. The van der Waals surface area contributed by atoms with Gasteiger partial charge in [0.15, 0.2) is 0 Å². The van der Waals surface area contributed by atoms with Crippen LogP contribution in [0.4, 0.5) is 4.79 Å². The molecule has 3 amide bonds. The Kier molecular flexibility index (Phi) is 6.13. The molecule has 9 heteroatoms. The summed E-state index contributed by atoms with van der Waals surface area (Å²) in [6, 6.07) is 22.4. The molecular weight excluding hydrogens is 488 g/mol. The van der Waals surface area contributed by atoms with Crippen LogP contribution < -0.4 is 0 Å². The minimum absolute atomic E-state index is 0.0187. The quantitative estimate of drug-likeness (QED) is 0.492. The fourth-order valence-electron chi connectivity index (χ4n) is 5.22. The van der Waals surface area contributed by atoms with Crippen LogP contribution in [0.15, 0.2) is 72.8 Å². The number of rotatable bonds is 4. The number of carbonyl (C=O) groups excluding carboxylic acids is 4. The fourth-order valence-corrected chi connectivity index (χ4v) is 5.22. The van der Waals surface area contributed by atoms with Crippen molar-refractivity contribution in [2.24, 2.45) is 5.92 Å². The van der Waals surface area contributed by atoms with Crippen LogP contribution in [0, 0.1) is 5.92 Å². The van der Waals surface area contributed by atoms with E-state index < -0.39 is 29.8 Å². The molecule has 0 spiro atoms. The second-order valence-corrected chi connectivity index (χ2v) is 9.38. The van der Waals surface area contributed by atoms with Crippen molar-refractivity contribution in [3.8, 4) is 11.1 Å². The average molecular weight is 513 g/mol. The monoisotopic (exact) mass is 512 g/mol.